The number of carbonyl (C=O) groups is 2. The van der Waals surface area contributed by atoms with Gasteiger partial charge in [0, 0.05) is 44.8 Å². The van der Waals surface area contributed by atoms with E-state index in [-0.39, 0.29) is 0 Å². The van der Waals surface area contributed by atoms with E-state index >= 15 is 0 Å². The Kier molecular flexibility index (Phi) is 10.3. The lowest BCUT2D eigenvalue weighted by Crippen LogP contribution is -2.45. The van der Waals surface area contributed by atoms with E-state index in [2.05, 4.69) is 70.5 Å². The summed E-state index contributed by atoms with van der Waals surface area (Å²) in [6.45, 7) is 9.23. The van der Waals surface area contributed by atoms with Crippen molar-refractivity contribution in [2.24, 2.45) is 0 Å². The number of nitrogens with zero attached hydrogens (tertiary/aromatic N) is 2. The first-order chi connectivity index (χ1) is 15.0. The highest BCUT2D eigenvalue weighted by Crippen LogP contribution is 2.20. The highest BCUT2D eigenvalue weighted by Gasteiger charge is 2.17. The molecule has 2 aromatic rings. The number of carboxylic acid groups (broad SMARTS) is 2. The van der Waals surface area contributed by atoms with E-state index < -0.39 is 11.9 Å². The molecule has 0 radical (unpaired) electrons. The Hall–Kier alpha value is -3.16. The van der Waals surface area contributed by atoms with Gasteiger partial charge in [-0.15, -0.1) is 0 Å². The molecule has 0 atom stereocenters. The van der Waals surface area contributed by atoms with Crippen molar-refractivity contribution >= 4 is 18.0 Å². The summed E-state index contributed by atoms with van der Waals surface area (Å²) in [5.74, 6) is -2.62. The van der Waals surface area contributed by atoms with Crippen molar-refractivity contribution < 1.29 is 24.5 Å². The Morgan fingerprint density at radius 3 is 2.10 bits per heavy atom. The van der Waals surface area contributed by atoms with Gasteiger partial charge in [-0.05, 0) is 18.6 Å². The molecule has 7 heteroatoms. The predicted molar refractivity (Wildman–Crippen MR) is 120 cm³/mol. The monoisotopic (exact) mass is 426 g/mol. The number of piperazine rings is 1. The maximum absolute atomic E-state index is 9.10. The van der Waals surface area contributed by atoms with E-state index in [1.807, 2.05) is 13.0 Å². The van der Waals surface area contributed by atoms with Gasteiger partial charge in [0.2, 0.25) is 0 Å². The van der Waals surface area contributed by atoms with Crippen LogP contribution in [0, 0.1) is 0 Å². The molecule has 31 heavy (non-hydrogen) atoms. The Balaban J connectivity index is 0.000000501. The quantitative estimate of drug-likeness (QED) is 0.658. The van der Waals surface area contributed by atoms with Gasteiger partial charge >= 0.3 is 11.9 Å². The van der Waals surface area contributed by atoms with Gasteiger partial charge in [-0.3, -0.25) is 9.80 Å². The van der Waals surface area contributed by atoms with Crippen LogP contribution in [0.1, 0.15) is 18.1 Å². The largest absolute Gasteiger partial charge is 0.494 e. The van der Waals surface area contributed by atoms with E-state index in [1.54, 1.807) is 0 Å². The molecule has 0 aliphatic carbocycles. The van der Waals surface area contributed by atoms with Gasteiger partial charge in [-0.1, -0.05) is 60.7 Å². The normalized spacial score (nSPS) is 14.6. The third-order valence-electron chi connectivity index (χ3n) is 4.79. The fourth-order valence-corrected chi connectivity index (χ4v) is 3.20. The van der Waals surface area contributed by atoms with Crippen molar-refractivity contribution in [3.05, 3.63) is 71.8 Å². The van der Waals surface area contributed by atoms with Crippen molar-refractivity contribution in [1.82, 2.24) is 9.80 Å². The molecular weight excluding hydrogens is 396 g/mol. The zero-order valence-corrected chi connectivity index (χ0v) is 17.8. The molecule has 0 aromatic heterocycles. The van der Waals surface area contributed by atoms with Gasteiger partial charge < -0.3 is 14.9 Å². The predicted octanol–water partition coefficient (Wildman–Crippen LogP) is 3.07. The summed E-state index contributed by atoms with van der Waals surface area (Å²) in [5.41, 5.74) is 2.57. The molecule has 0 unspecified atom stereocenters. The number of hydrogen-bond acceptors (Lipinski definition) is 5. The number of ether oxygens (including phenoxy) is 1. The molecule has 0 amide bonds. The minimum atomic E-state index is -1.82. The third kappa shape index (κ3) is 9.02. The molecule has 1 aliphatic heterocycles. The number of benzene rings is 2. The standard InChI is InChI=1S/C22H28N2O.C2H2O4/c1-2-25-22-13-7-6-12-21(22)19-24-17-15-23(16-18-24)14-8-11-20-9-4-3-5-10-20;3-1(4)2(5)6/h3-13H,2,14-19H2,1H3;(H,3,4)(H,5,6). The number of aliphatic carboxylic acids is 2. The summed E-state index contributed by atoms with van der Waals surface area (Å²) >= 11 is 0. The minimum absolute atomic E-state index is 0.721. The maximum Gasteiger partial charge on any atom is 0.414 e. The van der Waals surface area contributed by atoms with Gasteiger partial charge in [-0.2, -0.15) is 0 Å². The van der Waals surface area contributed by atoms with Crippen molar-refractivity contribution in [3.8, 4) is 5.75 Å². The van der Waals surface area contributed by atoms with Gasteiger partial charge in [-0.25, -0.2) is 9.59 Å². The molecule has 7 nitrogen and oxygen atoms in total. The number of hydrogen-bond donors (Lipinski definition) is 2. The smallest absolute Gasteiger partial charge is 0.414 e. The average molecular weight is 427 g/mol. The van der Waals surface area contributed by atoms with Crippen LogP contribution in [0.2, 0.25) is 0 Å². The molecule has 0 spiro atoms. The lowest BCUT2D eigenvalue weighted by Gasteiger charge is -2.34. The molecule has 0 bridgehead atoms. The Labute approximate surface area is 183 Å². The average Bonchev–Trinajstić information content (AvgIpc) is 2.78. The molecule has 3 rings (SSSR count). The molecule has 2 N–H and O–H groups in total. The Morgan fingerprint density at radius 2 is 1.48 bits per heavy atom. The highest BCUT2D eigenvalue weighted by atomic mass is 16.5. The number of rotatable bonds is 7. The second kappa shape index (κ2) is 13.2. The van der Waals surface area contributed by atoms with Gasteiger partial charge in [0.05, 0.1) is 6.61 Å². The van der Waals surface area contributed by atoms with Crippen molar-refractivity contribution in [2.45, 2.75) is 13.5 Å². The molecule has 1 fully saturated rings. The van der Waals surface area contributed by atoms with Crippen LogP contribution in [0.3, 0.4) is 0 Å². The molecule has 1 aliphatic rings. The first kappa shape index (κ1) is 24.1. The van der Waals surface area contributed by atoms with E-state index in [9.17, 15) is 0 Å². The summed E-state index contributed by atoms with van der Waals surface area (Å²) in [5, 5.41) is 14.8. The lowest BCUT2D eigenvalue weighted by molar-refractivity contribution is -0.159. The fraction of sp³-hybridized carbons (Fsp3) is 0.333. The van der Waals surface area contributed by atoms with E-state index in [4.69, 9.17) is 24.5 Å². The minimum Gasteiger partial charge on any atom is -0.494 e. The van der Waals surface area contributed by atoms with Crippen molar-refractivity contribution in [1.29, 1.82) is 0 Å². The van der Waals surface area contributed by atoms with Crippen LogP contribution in [0.15, 0.2) is 60.7 Å². The van der Waals surface area contributed by atoms with Crippen LogP contribution >= 0.6 is 0 Å². The summed E-state index contributed by atoms with van der Waals surface area (Å²) in [6, 6.07) is 18.9. The zero-order valence-electron chi connectivity index (χ0n) is 17.8. The highest BCUT2D eigenvalue weighted by molar-refractivity contribution is 6.27. The van der Waals surface area contributed by atoms with Crippen LogP contribution in [-0.2, 0) is 16.1 Å². The summed E-state index contributed by atoms with van der Waals surface area (Å²) < 4.78 is 5.75. The first-order valence-corrected chi connectivity index (χ1v) is 10.3. The van der Waals surface area contributed by atoms with Crippen LogP contribution in [0.25, 0.3) is 6.08 Å². The van der Waals surface area contributed by atoms with Gasteiger partial charge in [0.25, 0.3) is 0 Å². The van der Waals surface area contributed by atoms with Crippen LogP contribution in [-0.4, -0.2) is 71.3 Å². The molecule has 0 saturated carbocycles. The molecule has 1 heterocycles. The summed E-state index contributed by atoms with van der Waals surface area (Å²) in [7, 11) is 0. The van der Waals surface area contributed by atoms with Crippen LogP contribution < -0.4 is 4.74 Å². The third-order valence-corrected chi connectivity index (χ3v) is 4.79. The summed E-state index contributed by atoms with van der Waals surface area (Å²) in [4.78, 5) is 23.2. The second-order valence-electron chi connectivity index (χ2n) is 7.04. The van der Waals surface area contributed by atoms with E-state index in [1.165, 1.54) is 11.1 Å². The Bertz CT molecular complexity index is 834. The summed E-state index contributed by atoms with van der Waals surface area (Å²) in [6.07, 6.45) is 4.49. The Morgan fingerprint density at radius 1 is 0.903 bits per heavy atom. The van der Waals surface area contributed by atoms with Crippen molar-refractivity contribution in [2.75, 3.05) is 39.3 Å². The topological polar surface area (TPSA) is 90.3 Å². The SMILES string of the molecule is CCOc1ccccc1CN1CCN(CC=Cc2ccccc2)CC1.O=C(O)C(=O)O. The lowest BCUT2D eigenvalue weighted by atomic mass is 10.1. The van der Waals surface area contributed by atoms with E-state index in [0.717, 1.165) is 51.6 Å². The number of carboxylic acids is 2. The zero-order chi connectivity index (χ0) is 22.5. The number of para-hydroxylation sites is 1. The molecule has 2 aromatic carbocycles. The van der Waals surface area contributed by atoms with Gasteiger partial charge in [0.1, 0.15) is 5.75 Å². The van der Waals surface area contributed by atoms with Crippen LogP contribution in [0.4, 0.5) is 0 Å². The van der Waals surface area contributed by atoms with Crippen LogP contribution in [0.5, 0.6) is 5.75 Å². The molecule has 1 saturated heterocycles. The fourth-order valence-electron chi connectivity index (χ4n) is 3.20. The van der Waals surface area contributed by atoms with Gasteiger partial charge in [0.15, 0.2) is 0 Å². The van der Waals surface area contributed by atoms with Crippen molar-refractivity contribution in [3.63, 3.8) is 0 Å². The molecular formula is C24H30N2O5. The van der Waals surface area contributed by atoms with E-state index in [0.29, 0.717) is 0 Å². The molecule has 166 valence electrons. The first-order valence-electron chi connectivity index (χ1n) is 10.3. The second-order valence-corrected chi connectivity index (χ2v) is 7.04. The maximum atomic E-state index is 9.10.